The van der Waals surface area contributed by atoms with Crippen LogP contribution in [0.5, 0.6) is 23.0 Å². The van der Waals surface area contributed by atoms with Crippen LogP contribution in [0, 0.1) is 0 Å². The molecule has 0 unspecified atom stereocenters. The van der Waals surface area contributed by atoms with Crippen LogP contribution in [0.3, 0.4) is 0 Å². The molecule has 0 aliphatic carbocycles. The van der Waals surface area contributed by atoms with E-state index >= 15 is 0 Å². The summed E-state index contributed by atoms with van der Waals surface area (Å²) in [5, 5.41) is 0. The van der Waals surface area contributed by atoms with Gasteiger partial charge in [-0.1, -0.05) is 0 Å². The summed E-state index contributed by atoms with van der Waals surface area (Å²) in [6, 6.07) is 12.4. The average Bonchev–Trinajstić information content (AvgIpc) is 3.26. The molecular formula is C22H24N2O6. The van der Waals surface area contributed by atoms with Crippen molar-refractivity contribution in [1.29, 1.82) is 0 Å². The molecule has 8 nitrogen and oxygen atoms in total. The zero-order valence-electron chi connectivity index (χ0n) is 16.8. The molecule has 2 aromatic rings. The van der Waals surface area contributed by atoms with Gasteiger partial charge in [-0.25, -0.2) is 0 Å². The predicted molar refractivity (Wildman–Crippen MR) is 108 cm³/mol. The molecule has 8 heteroatoms. The third-order valence-electron chi connectivity index (χ3n) is 5.04. The first kappa shape index (κ1) is 19.9. The van der Waals surface area contributed by atoms with Crippen LogP contribution in [0.1, 0.15) is 17.3 Å². The van der Waals surface area contributed by atoms with E-state index in [1.165, 1.54) is 0 Å². The predicted octanol–water partition coefficient (Wildman–Crippen LogP) is 2.18. The summed E-state index contributed by atoms with van der Waals surface area (Å²) in [4.78, 5) is 28.7. The van der Waals surface area contributed by atoms with E-state index in [1.54, 1.807) is 40.1 Å². The molecule has 0 atom stereocenters. The van der Waals surface area contributed by atoms with Crippen LogP contribution in [0.15, 0.2) is 42.5 Å². The first-order valence-corrected chi connectivity index (χ1v) is 9.96. The summed E-state index contributed by atoms with van der Waals surface area (Å²) in [7, 11) is 0. The lowest BCUT2D eigenvalue weighted by molar-refractivity contribution is -0.134. The van der Waals surface area contributed by atoms with E-state index in [1.807, 2.05) is 19.1 Å². The van der Waals surface area contributed by atoms with Crippen molar-refractivity contribution in [3.05, 3.63) is 48.0 Å². The normalized spacial score (nSPS) is 15.1. The fourth-order valence-corrected chi connectivity index (χ4v) is 3.41. The van der Waals surface area contributed by atoms with Gasteiger partial charge < -0.3 is 28.7 Å². The molecule has 2 aromatic carbocycles. The van der Waals surface area contributed by atoms with Crippen molar-refractivity contribution < 1.29 is 28.5 Å². The number of carbonyl (C=O) groups excluding carboxylic acids is 2. The van der Waals surface area contributed by atoms with Gasteiger partial charge >= 0.3 is 0 Å². The number of nitrogens with zero attached hydrogens (tertiary/aromatic N) is 2. The monoisotopic (exact) mass is 412 g/mol. The van der Waals surface area contributed by atoms with Gasteiger partial charge in [-0.05, 0) is 49.4 Å². The number of benzene rings is 2. The summed E-state index contributed by atoms with van der Waals surface area (Å²) in [5.74, 6) is 2.43. The van der Waals surface area contributed by atoms with Gasteiger partial charge in [0.1, 0.15) is 11.5 Å². The zero-order valence-corrected chi connectivity index (χ0v) is 16.8. The van der Waals surface area contributed by atoms with E-state index in [-0.39, 0.29) is 25.2 Å². The van der Waals surface area contributed by atoms with Gasteiger partial charge in [0, 0.05) is 31.7 Å². The Bertz CT molecular complexity index is 906. The number of piperazine rings is 1. The van der Waals surface area contributed by atoms with Crippen LogP contribution in [0.2, 0.25) is 0 Å². The Kier molecular flexibility index (Phi) is 5.92. The molecule has 2 amide bonds. The quantitative estimate of drug-likeness (QED) is 0.724. The molecule has 0 bridgehead atoms. The van der Waals surface area contributed by atoms with E-state index in [4.69, 9.17) is 18.9 Å². The minimum atomic E-state index is -0.0981. The van der Waals surface area contributed by atoms with Crippen molar-refractivity contribution >= 4 is 11.8 Å². The molecular weight excluding hydrogens is 388 g/mol. The molecule has 158 valence electrons. The lowest BCUT2D eigenvalue weighted by atomic mass is 10.1. The van der Waals surface area contributed by atoms with Gasteiger partial charge in [0.25, 0.3) is 11.8 Å². The lowest BCUT2D eigenvalue weighted by Crippen LogP contribution is -2.51. The van der Waals surface area contributed by atoms with Crippen molar-refractivity contribution in [2.45, 2.75) is 6.92 Å². The third kappa shape index (κ3) is 4.42. The molecule has 0 aromatic heterocycles. The lowest BCUT2D eigenvalue weighted by Gasteiger charge is -2.34. The number of hydrogen-bond donors (Lipinski definition) is 0. The molecule has 0 N–H and O–H groups in total. The van der Waals surface area contributed by atoms with Crippen molar-refractivity contribution in [2.24, 2.45) is 0 Å². The molecule has 0 spiro atoms. The summed E-state index contributed by atoms with van der Waals surface area (Å²) in [6.45, 7) is 4.55. The second-order valence-electron chi connectivity index (χ2n) is 6.93. The van der Waals surface area contributed by atoms with E-state index in [0.29, 0.717) is 55.6 Å². The first-order chi connectivity index (χ1) is 14.6. The Morgan fingerprint density at radius 1 is 0.867 bits per heavy atom. The molecule has 30 heavy (non-hydrogen) atoms. The summed E-state index contributed by atoms with van der Waals surface area (Å²) >= 11 is 0. The second kappa shape index (κ2) is 8.94. The Balaban J connectivity index is 1.25. The maximum atomic E-state index is 12.8. The SMILES string of the molecule is CCOc1ccc(OCC(=O)N2CCN(C(=O)c3ccc4c(c3)OCO4)CC2)cc1. The Labute approximate surface area is 174 Å². The molecule has 4 rings (SSSR count). The standard InChI is InChI=1S/C22H24N2O6/c1-2-27-17-4-6-18(7-5-17)28-14-21(25)23-9-11-24(12-10-23)22(26)16-3-8-19-20(13-16)30-15-29-19/h3-8,13H,2,9-12,14-15H2,1H3. The zero-order chi connectivity index (χ0) is 20.9. The molecule has 0 radical (unpaired) electrons. The molecule has 1 saturated heterocycles. The molecule has 2 heterocycles. The largest absolute Gasteiger partial charge is 0.494 e. The summed E-state index contributed by atoms with van der Waals surface area (Å²) < 4.78 is 21.6. The van der Waals surface area contributed by atoms with Crippen LogP contribution in [-0.2, 0) is 4.79 Å². The van der Waals surface area contributed by atoms with E-state index in [0.717, 1.165) is 5.75 Å². The highest BCUT2D eigenvalue weighted by Crippen LogP contribution is 2.32. The highest BCUT2D eigenvalue weighted by Gasteiger charge is 2.26. The van der Waals surface area contributed by atoms with Crippen molar-refractivity contribution in [2.75, 3.05) is 46.2 Å². The van der Waals surface area contributed by atoms with Gasteiger partial charge in [0.15, 0.2) is 18.1 Å². The fourth-order valence-electron chi connectivity index (χ4n) is 3.41. The van der Waals surface area contributed by atoms with Gasteiger partial charge in [0.05, 0.1) is 6.61 Å². The maximum absolute atomic E-state index is 12.8. The molecule has 1 fully saturated rings. The van der Waals surface area contributed by atoms with Crippen LogP contribution < -0.4 is 18.9 Å². The third-order valence-corrected chi connectivity index (χ3v) is 5.04. The van der Waals surface area contributed by atoms with Gasteiger partial charge in [0.2, 0.25) is 6.79 Å². The number of ether oxygens (including phenoxy) is 4. The second-order valence-corrected chi connectivity index (χ2v) is 6.93. The van der Waals surface area contributed by atoms with Crippen molar-refractivity contribution in [3.63, 3.8) is 0 Å². The minimum absolute atomic E-state index is 0.0376. The minimum Gasteiger partial charge on any atom is -0.494 e. The smallest absolute Gasteiger partial charge is 0.260 e. The fraction of sp³-hybridized carbons (Fsp3) is 0.364. The number of amides is 2. The van der Waals surface area contributed by atoms with Crippen LogP contribution in [0.4, 0.5) is 0 Å². The summed E-state index contributed by atoms with van der Waals surface area (Å²) in [6.07, 6.45) is 0. The first-order valence-electron chi connectivity index (χ1n) is 9.96. The number of fused-ring (bicyclic) bond motifs is 1. The van der Waals surface area contributed by atoms with Crippen LogP contribution >= 0.6 is 0 Å². The Hall–Kier alpha value is -3.42. The number of carbonyl (C=O) groups is 2. The number of hydrogen-bond acceptors (Lipinski definition) is 6. The molecule has 2 aliphatic rings. The maximum Gasteiger partial charge on any atom is 0.260 e. The van der Waals surface area contributed by atoms with E-state index < -0.39 is 0 Å². The Morgan fingerprint density at radius 2 is 1.50 bits per heavy atom. The Morgan fingerprint density at radius 3 is 2.20 bits per heavy atom. The van der Waals surface area contributed by atoms with Gasteiger partial charge in [-0.3, -0.25) is 9.59 Å². The van der Waals surface area contributed by atoms with Crippen molar-refractivity contribution in [1.82, 2.24) is 9.80 Å². The van der Waals surface area contributed by atoms with E-state index in [9.17, 15) is 9.59 Å². The van der Waals surface area contributed by atoms with E-state index in [2.05, 4.69) is 0 Å². The van der Waals surface area contributed by atoms with Crippen LogP contribution in [-0.4, -0.2) is 67.8 Å². The van der Waals surface area contributed by atoms with Gasteiger partial charge in [-0.2, -0.15) is 0 Å². The molecule has 0 saturated carbocycles. The highest BCUT2D eigenvalue weighted by molar-refractivity contribution is 5.95. The number of rotatable bonds is 6. The average molecular weight is 412 g/mol. The van der Waals surface area contributed by atoms with Crippen molar-refractivity contribution in [3.8, 4) is 23.0 Å². The summed E-state index contributed by atoms with van der Waals surface area (Å²) in [5.41, 5.74) is 0.554. The highest BCUT2D eigenvalue weighted by atomic mass is 16.7. The topological polar surface area (TPSA) is 77.5 Å². The van der Waals surface area contributed by atoms with Crippen LogP contribution in [0.25, 0.3) is 0 Å². The van der Waals surface area contributed by atoms with Gasteiger partial charge in [-0.15, -0.1) is 0 Å². The molecule has 2 aliphatic heterocycles.